The maximum Gasteiger partial charge on any atom is 0.0482 e. The molecule has 1 aliphatic heterocycles. The Kier molecular flexibility index (Phi) is 2.87. The van der Waals surface area contributed by atoms with Crippen LogP contribution < -0.4 is 4.90 Å². The molecule has 0 unspecified atom stereocenters. The highest BCUT2D eigenvalue weighted by molar-refractivity contribution is 5.78. The molecule has 0 spiro atoms. The molecule has 2 aliphatic rings. The maximum atomic E-state index is 2.42. The van der Waals surface area contributed by atoms with Crippen LogP contribution in [-0.4, -0.2) is 7.05 Å². The average molecular weight is 311 g/mol. The number of hydrogen-bond acceptors (Lipinski definition) is 1. The molecular formula is C23H21N. The summed E-state index contributed by atoms with van der Waals surface area (Å²) in [5.41, 5.74) is 13.0. The smallest absolute Gasteiger partial charge is 0.0482 e. The fourth-order valence-corrected chi connectivity index (χ4v) is 4.41. The second-order valence-corrected chi connectivity index (χ2v) is 7.20. The summed E-state index contributed by atoms with van der Waals surface area (Å²) in [6.45, 7) is 2.18. The second-order valence-electron chi connectivity index (χ2n) is 7.20. The molecule has 0 atom stereocenters. The summed E-state index contributed by atoms with van der Waals surface area (Å²) < 4.78 is 0. The van der Waals surface area contributed by atoms with Gasteiger partial charge in [-0.05, 0) is 58.4 Å². The van der Waals surface area contributed by atoms with Gasteiger partial charge in [0.25, 0.3) is 0 Å². The lowest BCUT2D eigenvalue weighted by molar-refractivity contribution is 0.957. The summed E-state index contributed by atoms with van der Waals surface area (Å²) in [5, 5.41) is 0. The SMILES string of the molecule is Cc1ccc2c(c1)N(C)c1c(ccc3c1Cc1ccccc1C3)C2. The topological polar surface area (TPSA) is 3.24 Å². The van der Waals surface area contributed by atoms with Gasteiger partial charge in [0.2, 0.25) is 0 Å². The minimum Gasteiger partial charge on any atom is -0.344 e. The van der Waals surface area contributed by atoms with Gasteiger partial charge in [-0.1, -0.05) is 48.5 Å². The zero-order chi connectivity index (χ0) is 16.3. The van der Waals surface area contributed by atoms with E-state index >= 15 is 0 Å². The van der Waals surface area contributed by atoms with Crippen molar-refractivity contribution >= 4 is 11.4 Å². The first-order valence-electron chi connectivity index (χ1n) is 8.74. The number of anilines is 2. The van der Waals surface area contributed by atoms with Crippen molar-refractivity contribution in [2.24, 2.45) is 0 Å². The molecule has 1 nitrogen and oxygen atoms in total. The van der Waals surface area contributed by atoms with Gasteiger partial charge < -0.3 is 4.90 Å². The molecule has 5 rings (SSSR count). The van der Waals surface area contributed by atoms with E-state index in [1.54, 1.807) is 0 Å². The van der Waals surface area contributed by atoms with Crippen molar-refractivity contribution in [3.8, 4) is 0 Å². The molecule has 1 heteroatoms. The molecule has 118 valence electrons. The highest BCUT2D eigenvalue weighted by atomic mass is 15.1. The van der Waals surface area contributed by atoms with Crippen LogP contribution in [0.5, 0.6) is 0 Å². The molecule has 0 fully saturated rings. The van der Waals surface area contributed by atoms with E-state index in [0.29, 0.717) is 0 Å². The zero-order valence-electron chi connectivity index (χ0n) is 14.3. The van der Waals surface area contributed by atoms with Gasteiger partial charge in [-0.3, -0.25) is 0 Å². The van der Waals surface area contributed by atoms with Gasteiger partial charge in [-0.15, -0.1) is 0 Å². The van der Waals surface area contributed by atoms with Crippen molar-refractivity contribution in [3.63, 3.8) is 0 Å². The predicted molar refractivity (Wildman–Crippen MR) is 101 cm³/mol. The Morgan fingerprint density at radius 2 is 1.38 bits per heavy atom. The number of fused-ring (bicyclic) bond motifs is 5. The van der Waals surface area contributed by atoms with E-state index in [0.717, 1.165) is 19.3 Å². The van der Waals surface area contributed by atoms with Crippen molar-refractivity contribution in [3.05, 3.63) is 93.5 Å². The Hall–Kier alpha value is -2.54. The van der Waals surface area contributed by atoms with Crippen LogP contribution in [0.2, 0.25) is 0 Å². The monoisotopic (exact) mass is 311 g/mol. The van der Waals surface area contributed by atoms with Gasteiger partial charge in [0, 0.05) is 31.3 Å². The molecule has 0 saturated carbocycles. The van der Waals surface area contributed by atoms with Crippen molar-refractivity contribution in [1.82, 2.24) is 0 Å². The van der Waals surface area contributed by atoms with Crippen LogP contribution in [-0.2, 0) is 19.3 Å². The Labute approximate surface area is 143 Å². The highest BCUT2D eigenvalue weighted by Gasteiger charge is 2.26. The van der Waals surface area contributed by atoms with Crippen molar-refractivity contribution in [2.75, 3.05) is 11.9 Å². The number of aryl methyl sites for hydroxylation is 1. The van der Waals surface area contributed by atoms with Crippen molar-refractivity contribution < 1.29 is 0 Å². The lowest BCUT2D eigenvalue weighted by Gasteiger charge is -2.35. The van der Waals surface area contributed by atoms with E-state index < -0.39 is 0 Å². The van der Waals surface area contributed by atoms with Crippen molar-refractivity contribution in [1.29, 1.82) is 0 Å². The van der Waals surface area contributed by atoms with E-state index in [4.69, 9.17) is 0 Å². The molecule has 24 heavy (non-hydrogen) atoms. The van der Waals surface area contributed by atoms with E-state index in [2.05, 4.69) is 73.5 Å². The number of nitrogens with zero attached hydrogens (tertiary/aromatic N) is 1. The lowest BCUT2D eigenvalue weighted by Crippen LogP contribution is -2.22. The average Bonchev–Trinajstić information content (AvgIpc) is 2.60. The summed E-state index contributed by atoms with van der Waals surface area (Å²) in [7, 11) is 2.23. The molecule has 1 heterocycles. The molecule has 3 aromatic carbocycles. The standard InChI is InChI=1S/C23H21N/c1-15-7-8-19-13-20-10-9-18-12-16-5-3-4-6-17(16)14-21(18)23(20)24(2)22(19)11-15/h3-11H,12-14H2,1-2H3. The quantitative estimate of drug-likeness (QED) is 0.433. The van der Waals surface area contributed by atoms with Crippen LogP contribution in [0.4, 0.5) is 11.4 Å². The molecule has 0 saturated heterocycles. The fraction of sp³-hybridized carbons (Fsp3) is 0.217. The molecule has 0 aromatic heterocycles. The van der Waals surface area contributed by atoms with Gasteiger partial charge in [-0.25, -0.2) is 0 Å². The largest absolute Gasteiger partial charge is 0.344 e. The Morgan fingerprint density at radius 1 is 0.708 bits per heavy atom. The van der Waals surface area contributed by atoms with Crippen LogP contribution >= 0.6 is 0 Å². The summed E-state index contributed by atoms with van der Waals surface area (Å²) in [4.78, 5) is 2.42. The van der Waals surface area contributed by atoms with Crippen LogP contribution in [0.3, 0.4) is 0 Å². The van der Waals surface area contributed by atoms with Gasteiger partial charge in [0.15, 0.2) is 0 Å². The Bertz CT molecular complexity index is 968. The van der Waals surface area contributed by atoms with Gasteiger partial charge in [-0.2, -0.15) is 0 Å². The highest BCUT2D eigenvalue weighted by Crippen LogP contribution is 2.43. The zero-order valence-corrected chi connectivity index (χ0v) is 14.3. The van der Waals surface area contributed by atoms with Crippen molar-refractivity contribution in [2.45, 2.75) is 26.2 Å². The molecule has 1 aliphatic carbocycles. The minimum absolute atomic E-state index is 1.05. The maximum absolute atomic E-state index is 2.42. The first kappa shape index (κ1) is 13.9. The van der Waals surface area contributed by atoms with Crippen LogP contribution in [0.1, 0.15) is 38.9 Å². The van der Waals surface area contributed by atoms with Crippen LogP contribution in [0.15, 0.2) is 54.6 Å². The summed E-state index contributed by atoms with van der Waals surface area (Å²) in [6, 6.07) is 20.5. The van der Waals surface area contributed by atoms with Gasteiger partial charge in [0.1, 0.15) is 0 Å². The summed E-state index contributed by atoms with van der Waals surface area (Å²) in [5.74, 6) is 0. The molecule has 0 amide bonds. The molecule has 3 aromatic rings. The van der Waals surface area contributed by atoms with Crippen LogP contribution in [0.25, 0.3) is 0 Å². The first-order valence-corrected chi connectivity index (χ1v) is 8.74. The van der Waals surface area contributed by atoms with E-state index in [1.807, 2.05) is 0 Å². The summed E-state index contributed by atoms with van der Waals surface area (Å²) in [6.07, 6.45) is 3.16. The number of hydrogen-bond donors (Lipinski definition) is 0. The predicted octanol–water partition coefficient (Wildman–Crippen LogP) is 5.16. The van der Waals surface area contributed by atoms with E-state index in [-0.39, 0.29) is 0 Å². The number of benzene rings is 3. The van der Waals surface area contributed by atoms with Gasteiger partial charge >= 0.3 is 0 Å². The molecule has 0 radical (unpaired) electrons. The normalized spacial score (nSPS) is 14.5. The second kappa shape index (κ2) is 4.98. The van der Waals surface area contributed by atoms with E-state index in [1.165, 1.54) is 50.3 Å². The minimum atomic E-state index is 1.05. The fourth-order valence-electron chi connectivity index (χ4n) is 4.41. The van der Waals surface area contributed by atoms with Crippen LogP contribution in [0, 0.1) is 6.92 Å². The Balaban J connectivity index is 1.68. The van der Waals surface area contributed by atoms with Gasteiger partial charge in [0.05, 0.1) is 0 Å². The first-order chi connectivity index (χ1) is 11.7. The number of rotatable bonds is 0. The Morgan fingerprint density at radius 3 is 2.21 bits per heavy atom. The lowest BCUT2D eigenvalue weighted by atomic mass is 9.81. The third-order valence-corrected chi connectivity index (χ3v) is 5.65. The molecular weight excluding hydrogens is 290 g/mol. The third-order valence-electron chi connectivity index (χ3n) is 5.65. The summed E-state index contributed by atoms with van der Waals surface area (Å²) >= 11 is 0. The molecule has 0 N–H and O–H groups in total. The molecule has 0 bridgehead atoms. The van der Waals surface area contributed by atoms with E-state index in [9.17, 15) is 0 Å². The third kappa shape index (κ3) is 1.94.